The first kappa shape index (κ1) is 24.5. The van der Waals surface area contributed by atoms with E-state index in [1.807, 2.05) is 6.92 Å². The number of unbranched alkanes of at least 4 members (excludes halogenated alkanes) is 2. The van der Waals surface area contributed by atoms with Crippen LogP contribution in [0.3, 0.4) is 0 Å². The molecule has 0 radical (unpaired) electrons. The highest BCUT2D eigenvalue weighted by Gasteiger charge is 2.51. The lowest BCUT2D eigenvalue weighted by Crippen LogP contribution is -2.51. The lowest BCUT2D eigenvalue weighted by Gasteiger charge is -2.27. The summed E-state index contributed by atoms with van der Waals surface area (Å²) in [4.78, 5) is 61.3. The van der Waals surface area contributed by atoms with Crippen molar-refractivity contribution in [1.82, 2.24) is 15.3 Å². The first-order valence-corrected chi connectivity index (χ1v) is 12.0. The average Bonchev–Trinajstić information content (AvgIpc) is 3.37. The third kappa shape index (κ3) is 5.24. The molecular formula is C20H30N4O7S. The topological polar surface area (TPSA) is 159 Å². The molecule has 0 aromatic heterocycles. The van der Waals surface area contributed by atoms with E-state index >= 15 is 0 Å². The summed E-state index contributed by atoms with van der Waals surface area (Å²) in [5.41, 5.74) is 6.03. The Morgan fingerprint density at radius 1 is 1.28 bits per heavy atom. The maximum atomic E-state index is 12.8. The molecule has 0 spiro atoms. The molecule has 0 aromatic rings. The zero-order valence-electron chi connectivity index (χ0n) is 18.0. The number of thioether (sulfide) groups is 1. The molecule has 0 aliphatic carbocycles. The number of nitrogens with two attached hydrogens (primary N) is 1. The van der Waals surface area contributed by atoms with Gasteiger partial charge in [-0.3, -0.25) is 29.3 Å². The summed E-state index contributed by atoms with van der Waals surface area (Å²) in [6.07, 6.45) is 2.59. The molecule has 3 fully saturated rings. The molecule has 12 heteroatoms. The third-order valence-electron chi connectivity index (χ3n) is 6.01. The lowest BCUT2D eigenvalue weighted by atomic mass is 10.0. The Balaban J connectivity index is 1.45. The van der Waals surface area contributed by atoms with Gasteiger partial charge in [0.25, 0.3) is 11.8 Å². The van der Waals surface area contributed by atoms with Gasteiger partial charge in [-0.05, 0) is 19.3 Å². The SMILES string of the molecule is CCCCC(N)C(=O)N1C(=O)N[C@@H]2CS[C@H](CCCCC(=O)OC3CC(=O)N(O)C3=O)[C@@H]21. The van der Waals surface area contributed by atoms with Gasteiger partial charge in [-0.15, -0.1) is 0 Å². The lowest BCUT2D eigenvalue weighted by molar-refractivity contribution is -0.176. The number of amides is 5. The smallest absolute Gasteiger partial charge is 0.324 e. The number of carbonyl (C=O) groups excluding carboxylic acids is 5. The normalized spacial score (nSPS) is 28.2. The number of hydroxylamine groups is 2. The number of esters is 1. The molecule has 0 bridgehead atoms. The fourth-order valence-electron chi connectivity index (χ4n) is 4.26. The predicted octanol–water partition coefficient (Wildman–Crippen LogP) is 0.529. The van der Waals surface area contributed by atoms with Crippen molar-refractivity contribution in [2.24, 2.45) is 5.73 Å². The van der Waals surface area contributed by atoms with Crippen molar-refractivity contribution in [3.05, 3.63) is 0 Å². The van der Waals surface area contributed by atoms with E-state index in [1.54, 1.807) is 11.8 Å². The quantitative estimate of drug-likeness (QED) is 0.136. The van der Waals surface area contributed by atoms with Gasteiger partial charge in [-0.25, -0.2) is 4.79 Å². The van der Waals surface area contributed by atoms with E-state index in [0.29, 0.717) is 31.4 Å². The molecule has 178 valence electrons. The van der Waals surface area contributed by atoms with Crippen LogP contribution in [0.15, 0.2) is 0 Å². The van der Waals surface area contributed by atoms with E-state index in [2.05, 4.69) is 5.32 Å². The molecule has 0 aromatic carbocycles. The Morgan fingerprint density at radius 3 is 2.69 bits per heavy atom. The Bertz CT molecular complexity index is 779. The summed E-state index contributed by atoms with van der Waals surface area (Å²) in [6.45, 7) is 2.02. The fraction of sp³-hybridized carbons (Fsp3) is 0.750. The molecule has 3 aliphatic heterocycles. The molecule has 3 saturated heterocycles. The molecule has 5 amide bonds. The van der Waals surface area contributed by atoms with Crippen molar-refractivity contribution in [3.63, 3.8) is 0 Å². The van der Waals surface area contributed by atoms with Crippen molar-refractivity contribution in [2.75, 3.05) is 5.75 Å². The van der Waals surface area contributed by atoms with Crippen molar-refractivity contribution in [2.45, 2.75) is 87.8 Å². The summed E-state index contributed by atoms with van der Waals surface area (Å²) in [6, 6.07) is -1.44. The number of carbonyl (C=O) groups is 5. The standard InChI is InChI=1S/C20H30N4O7S/c1-2-3-6-11(21)18(27)23-17-12(22-20(23)29)10-32-14(17)7-4-5-8-16(26)31-13-9-15(25)24(30)19(13)28/h11-14,17,30H,2-10,21H2,1H3,(H,22,29)/t11?,12-,13?,14-,17-/m1/s1. The van der Waals surface area contributed by atoms with Gasteiger partial charge in [-0.1, -0.05) is 26.2 Å². The third-order valence-corrected chi connectivity index (χ3v) is 7.50. The van der Waals surface area contributed by atoms with Crippen LogP contribution in [0.2, 0.25) is 0 Å². The zero-order valence-corrected chi connectivity index (χ0v) is 18.8. The molecular weight excluding hydrogens is 440 g/mol. The Morgan fingerprint density at radius 2 is 2.03 bits per heavy atom. The summed E-state index contributed by atoms with van der Waals surface area (Å²) >= 11 is 1.69. The van der Waals surface area contributed by atoms with Crippen molar-refractivity contribution in [3.8, 4) is 0 Å². The second kappa shape index (κ2) is 10.6. The Labute approximate surface area is 190 Å². The number of fused-ring (bicyclic) bond motifs is 1. The number of ether oxygens (including phenoxy) is 1. The molecule has 5 atom stereocenters. The first-order chi connectivity index (χ1) is 15.2. The minimum absolute atomic E-state index is 0.0240. The summed E-state index contributed by atoms with van der Waals surface area (Å²) in [7, 11) is 0. The average molecular weight is 471 g/mol. The first-order valence-electron chi connectivity index (χ1n) is 11.0. The van der Waals surface area contributed by atoms with Crippen LogP contribution in [0.5, 0.6) is 0 Å². The van der Waals surface area contributed by atoms with Gasteiger partial charge in [0.2, 0.25) is 5.91 Å². The molecule has 2 unspecified atom stereocenters. The maximum Gasteiger partial charge on any atom is 0.324 e. The molecule has 3 aliphatic rings. The highest BCUT2D eigenvalue weighted by molar-refractivity contribution is 8.00. The molecule has 11 nitrogen and oxygen atoms in total. The van der Waals surface area contributed by atoms with E-state index < -0.39 is 29.9 Å². The van der Waals surface area contributed by atoms with E-state index in [4.69, 9.17) is 10.5 Å². The zero-order chi connectivity index (χ0) is 23.4. The number of hydrogen-bond acceptors (Lipinski definition) is 9. The van der Waals surface area contributed by atoms with Crippen LogP contribution in [0.1, 0.15) is 58.3 Å². The van der Waals surface area contributed by atoms with Crippen molar-refractivity contribution < 1.29 is 33.9 Å². The second-order valence-electron chi connectivity index (χ2n) is 8.35. The van der Waals surface area contributed by atoms with E-state index in [9.17, 15) is 29.2 Å². The van der Waals surface area contributed by atoms with Crippen molar-refractivity contribution >= 4 is 41.5 Å². The molecule has 4 N–H and O–H groups in total. The minimum Gasteiger partial charge on any atom is -0.452 e. The Hall–Kier alpha value is -2.18. The number of urea groups is 1. The summed E-state index contributed by atoms with van der Waals surface area (Å²) < 4.78 is 4.99. The Kier molecular flexibility index (Phi) is 8.12. The number of nitrogens with zero attached hydrogens (tertiary/aromatic N) is 2. The van der Waals surface area contributed by atoms with E-state index in [-0.39, 0.29) is 47.2 Å². The van der Waals surface area contributed by atoms with Gasteiger partial charge in [-0.2, -0.15) is 16.8 Å². The van der Waals surface area contributed by atoms with Gasteiger partial charge >= 0.3 is 12.0 Å². The van der Waals surface area contributed by atoms with Gasteiger partial charge in [0.15, 0.2) is 6.10 Å². The van der Waals surface area contributed by atoms with Gasteiger partial charge in [0.1, 0.15) is 0 Å². The van der Waals surface area contributed by atoms with Gasteiger partial charge in [0.05, 0.1) is 24.5 Å². The van der Waals surface area contributed by atoms with Crippen LogP contribution in [0.4, 0.5) is 4.79 Å². The predicted molar refractivity (Wildman–Crippen MR) is 113 cm³/mol. The van der Waals surface area contributed by atoms with Gasteiger partial charge < -0.3 is 15.8 Å². The van der Waals surface area contributed by atoms with Crippen LogP contribution in [0.25, 0.3) is 0 Å². The molecule has 3 heterocycles. The maximum absolute atomic E-state index is 12.8. The summed E-state index contributed by atoms with van der Waals surface area (Å²) in [5.74, 6) is -1.97. The van der Waals surface area contributed by atoms with Crippen molar-refractivity contribution in [1.29, 1.82) is 0 Å². The van der Waals surface area contributed by atoms with Crippen LogP contribution in [0, 0.1) is 0 Å². The number of rotatable bonds is 10. The summed E-state index contributed by atoms with van der Waals surface area (Å²) in [5, 5.41) is 12.1. The molecule has 32 heavy (non-hydrogen) atoms. The monoisotopic (exact) mass is 470 g/mol. The highest BCUT2D eigenvalue weighted by atomic mass is 32.2. The minimum atomic E-state index is -1.27. The molecule has 3 rings (SSSR count). The fourth-order valence-corrected chi connectivity index (χ4v) is 5.84. The van der Waals surface area contributed by atoms with Crippen LogP contribution >= 0.6 is 11.8 Å². The molecule has 0 saturated carbocycles. The van der Waals surface area contributed by atoms with Crippen LogP contribution < -0.4 is 11.1 Å². The number of nitrogens with one attached hydrogen (secondary N) is 1. The number of hydrogen-bond donors (Lipinski definition) is 3. The largest absolute Gasteiger partial charge is 0.452 e. The second-order valence-corrected chi connectivity index (χ2v) is 9.62. The van der Waals surface area contributed by atoms with Crippen LogP contribution in [-0.2, 0) is 23.9 Å². The highest BCUT2D eigenvalue weighted by Crippen LogP contribution is 2.38. The van der Waals surface area contributed by atoms with Crippen LogP contribution in [-0.4, -0.2) is 80.1 Å². The number of imide groups is 2. The van der Waals surface area contributed by atoms with E-state index in [1.165, 1.54) is 4.90 Å². The van der Waals surface area contributed by atoms with E-state index in [0.717, 1.165) is 12.8 Å². The van der Waals surface area contributed by atoms with Gasteiger partial charge in [0, 0.05) is 17.4 Å².